The minimum Gasteiger partial charge on any atom is -0.490 e. The lowest BCUT2D eigenvalue weighted by Crippen LogP contribution is -2.27. The van der Waals surface area contributed by atoms with Crippen molar-refractivity contribution >= 4 is 62.2 Å². The van der Waals surface area contributed by atoms with Crippen LogP contribution in [0.15, 0.2) is 70.0 Å². The molecule has 0 spiro atoms. The number of benzene rings is 3. The highest BCUT2D eigenvalue weighted by Crippen LogP contribution is 2.40. The molecule has 190 valence electrons. The molecule has 1 aliphatic rings. The number of imide groups is 1. The molecule has 0 bridgehead atoms. The Hall–Kier alpha value is -3.34. The van der Waals surface area contributed by atoms with Crippen LogP contribution in [-0.4, -0.2) is 27.6 Å². The lowest BCUT2D eigenvalue weighted by atomic mass is 10.1. The fraction of sp³-hybridized carbons (Fsp3) is 0.154. The molecule has 2 amide bonds. The lowest BCUT2D eigenvalue weighted by Gasteiger charge is -2.15. The molecule has 37 heavy (non-hydrogen) atoms. The Balaban J connectivity index is 1.56. The van der Waals surface area contributed by atoms with Crippen molar-refractivity contribution in [3.8, 4) is 11.5 Å². The maximum absolute atomic E-state index is 13.0. The Morgan fingerprint density at radius 3 is 2.62 bits per heavy atom. The Morgan fingerprint density at radius 1 is 1.11 bits per heavy atom. The minimum atomic E-state index is -0.521. The highest BCUT2D eigenvalue weighted by Gasteiger charge is 2.35. The largest absolute Gasteiger partial charge is 0.490 e. The standard InChI is InChI=1S/C26H20BrClN2O6S/c1-2-35-22-12-17(11-20(27)24(22)36-15-18-7-3-4-9-21(18)28)13-23-25(31)29(26(32)37-23)14-16-6-5-8-19(10-16)30(33)34/h3-13H,2,14-15H2,1H3/b23-13-. The van der Waals surface area contributed by atoms with Gasteiger partial charge in [0, 0.05) is 22.7 Å². The van der Waals surface area contributed by atoms with Crippen molar-refractivity contribution in [3.63, 3.8) is 0 Å². The van der Waals surface area contributed by atoms with Crippen molar-refractivity contribution in [2.75, 3.05) is 6.61 Å². The highest BCUT2D eigenvalue weighted by molar-refractivity contribution is 9.10. The molecule has 4 rings (SSSR count). The number of ether oxygens (including phenoxy) is 2. The maximum Gasteiger partial charge on any atom is 0.293 e. The molecule has 8 nitrogen and oxygen atoms in total. The zero-order chi connectivity index (χ0) is 26.5. The van der Waals surface area contributed by atoms with Gasteiger partial charge in [-0.15, -0.1) is 0 Å². The van der Waals surface area contributed by atoms with Crippen molar-refractivity contribution in [1.29, 1.82) is 0 Å². The van der Waals surface area contributed by atoms with E-state index in [4.69, 9.17) is 21.1 Å². The van der Waals surface area contributed by atoms with Crippen molar-refractivity contribution in [3.05, 3.63) is 102 Å². The summed E-state index contributed by atoms with van der Waals surface area (Å²) in [7, 11) is 0. The lowest BCUT2D eigenvalue weighted by molar-refractivity contribution is -0.384. The van der Waals surface area contributed by atoms with E-state index in [0.717, 1.165) is 22.2 Å². The van der Waals surface area contributed by atoms with Crippen LogP contribution < -0.4 is 9.47 Å². The van der Waals surface area contributed by atoms with E-state index in [1.807, 2.05) is 25.1 Å². The molecule has 0 saturated carbocycles. The van der Waals surface area contributed by atoms with E-state index in [2.05, 4.69) is 15.9 Å². The van der Waals surface area contributed by atoms with Crippen LogP contribution in [-0.2, 0) is 17.9 Å². The summed E-state index contributed by atoms with van der Waals surface area (Å²) in [5, 5.41) is 11.2. The van der Waals surface area contributed by atoms with Gasteiger partial charge in [-0.3, -0.25) is 24.6 Å². The van der Waals surface area contributed by atoms with Gasteiger partial charge in [0.1, 0.15) is 6.61 Å². The minimum absolute atomic E-state index is 0.0631. The molecule has 11 heteroatoms. The zero-order valence-electron chi connectivity index (χ0n) is 19.5. The average Bonchev–Trinajstić information content (AvgIpc) is 3.12. The monoisotopic (exact) mass is 602 g/mol. The first-order chi connectivity index (χ1) is 17.8. The Kier molecular flexibility index (Phi) is 8.52. The second-order valence-corrected chi connectivity index (χ2v) is 10.1. The first-order valence-electron chi connectivity index (χ1n) is 11.1. The molecule has 0 aliphatic carbocycles. The number of non-ortho nitro benzene ring substituents is 1. The third kappa shape index (κ3) is 6.33. The first-order valence-corrected chi connectivity index (χ1v) is 13.1. The average molecular weight is 604 g/mol. The molecule has 1 saturated heterocycles. The first kappa shape index (κ1) is 26.7. The summed E-state index contributed by atoms with van der Waals surface area (Å²) in [6.07, 6.45) is 1.60. The van der Waals surface area contributed by atoms with E-state index in [-0.39, 0.29) is 23.7 Å². The topological polar surface area (TPSA) is 99.0 Å². The number of nitrogens with zero attached hydrogens (tertiary/aromatic N) is 2. The van der Waals surface area contributed by atoms with Crippen molar-refractivity contribution in [2.24, 2.45) is 0 Å². The van der Waals surface area contributed by atoms with Gasteiger partial charge in [-0.25, -0.2) is 0 Å². The summed E-state index contributed by atoms with van der Waals surface area (Å²) >= 11 is 10.6. The van der Waals surface area contributed by atoms with Gasteiger partial charge in [0.2, 0.25) is 0 Å². The van der Waals surface area contributed by atoms with Crippen molar-refractivity contribution < 1.29 is 24.0 Å². The van der Waals surface area contributed by atoms with E-state index in [9.17, 15) is 19.7 Å². The van der Waals surface area contributed by atoms with Crippen molar-refractivity contribution in [2.45, 2.75) is 20.1 Å². The van der Waals surface area contributed by atoms with Gasteiger partial charge < -0.3 is 9.47 Å². The number of rotatable bonds is 9. The SMILES string of the molecule is CCOc1cc(/C=C2\SC(=O)N(Cc3cccc([N+](=O)[O-])c3)C2=O)cc(Br)c1OCc1ccccc1Cl. The zero-order valence-corrected chi connectivity index (χ0v) is 22.6. The molecule has 0 radical (unpaired) electrons. The predicted octanol–water partition coefficient (Wildman–Crippen LogP) is 7.22. The van der Waals surface area contributed by atoms with E-state index in [1.165, 1.54) is 18.2 Å². The Morgan fingerprint density at radius 2 is 1.89 bits per heavy atom. The van der Waals surface area contributed by atoms with Crippen LogP contribution in [0, 0.1) is 10.1 Å². The highest BCUT2D eigenvalue weighted by atomic mass is 79.9. The van der Waals surface area contributed by atoms with Gasteiger partial charge in [-0.1, -0.05) is 41.9 Å². The molecule has 3 aromatic rings. The summed E-state index contributed by atoms with van der Waals surface area (Å²) < 4.78 is 12.4. The van der Waals surface area contributed by atoms with Gasteiger partial charge in [0.05, 0.1) is 27.5 Å². The maximum atomic E-state index is 13.0. The van der Waals surface area contributed by atoms with Crippen molar-refractivity contribution in [1.82, 2.24) is 4.90 Å². The van der Waals surface area contributed by atoms with Crippen LogP contribution in [0.2, 0.25) is 5.02 Å². The summed E-state index contributed by atoms with van der Waals surface area (Å²) in [4.78, 5) is 37.4. The molecule has 0 N–H and O–H groups in total. The van der Waals surface area contributed by atoms with Crippen LogP contribution in [0.3, 0.4) is 0 Å². The number of hydrogen-bond donors (Lipinski definition) is 0. The molecule has 0 aromatic heterocycles. The van der Waals surface area contributed by atoms with Gasteiger partial charge >= 0.3 is 0 Å². The number of carbonyl (C=O) groups is 2. The number of nitro benzene ring substituents is 1. The number of hydrogen-bond acceptors (Lipinski definition) is 7. The van der Waals surface area contributed by atoms with Crippen LogP contribution in [0.1, 0.15) is 23.6 Å². The van der Waals surface area contributed by atoms with Crippen LogP contribution >= 0.6 is 39.3 Å². The summed E-state index contributed by atoms with van der Waals surface area (Å²) in [5.74, 6) is 0.471. The Labute approximate surface area is 230 Å². The summed E-state index contributed by atoms with van der Waals surface area (Å²) in [6.45, 7) is 2.40. The smallest absolute Gasteiger partial charge is 0.293 e. The summed E-state index contributed by atoms with van der Waals surface area (Å²) in [6, 6.07) is 16.7. The predicted molar refractivity (Wildman–Crippen MR) is 146 cm³/mol. The molecule has 1 aliphatic heterocycles. The normalized spacial score (nSPS) is 14.4. The third-order valence-electron chi connectivity index (χ3n) is 5.29. The molecular formula is C26H20BrClN2O6S. The Bertz CT molecular complexity index is 1410. The van der Waals surface area contributed by atoms with Gasteiger partial charge in [-0.2, -0.15) is 0 Å². The van der Waals surface area contributed by atoms with E-state index >= 15 is 0 Å². The van der Waals surface area contributed by atoms with Gasteiger partial charge in [-0.05, 0) is 70.0 Å². The quantitative estimate of drug-likeness (QED) is 0.145. The number of amides is 2. The fourth-order valence-corrected chi connectivity index (χ4v) is 5.18. The summed E-state index contributed by atoms with van der Waals surface area (Å²) in [5.41, 5.74) is 1.82. The third-order valence-corrected chi connectivity index (χ3v) is 7.16. The number of nitro groups is 1. The second kappa shape index (κ2) is 11.8. The number of thioether (sulfide) groups is 1. The van der Waals surface area contributed by atoms with Crippen LogP contribution in [0.4, 0.5) is 10.5 Å². The van der Waals surface area contributed by atoms with E-state index < -0.39 is 16.1 Å². The van der Waals surface area contributed by atoms with Crippen LogP contribution in [0.25, 0.3) is 6.08 Å². The second-order valence-electron chi connectivity index (χ2n) is 7.84. The number of halogens is 2. The molecule has 0 atom stereocenters. The molecular weight excluding hydrogens is 584 g/mol. The van der Waals surface area contributed by atoms with Crippen LogP contribution in [0.5, 0.6) is 11.5 Å². The van der Waals surface area contributed by atoms with E-state index in [0.29, 0.717) is 38.7 Å². The molecule has 1 heterocycles. The molecule has 3 aromatic carbocycles. The van der Waals surface area contributed by atoms with E-state index in [1.54, 1.807) is 30.3 Å². The van der Waals surface area contributed by atoms with Gasteiger partial charge in [0.25, 0.3) is 16.8 Å². The number of carbonyl (C=O) groups excluding carboxylic acids is 2. The fourth-order valence-electron chi connectivity index (χ4n) is 3.58. The molecule has 1 fully saturated rings. The molecule has 0 unspecified atom stereocenters. The van der Waals surface area contributed by atoms with Gasteiger partial charge in [0.15, 0.2) is 11.5 Å².